The van der Waals surface area contributed by atoms with Crippen LogP contribution in [0.15, 0.2) is 77.7 Å². The Bertz CT molecular complexity index is 1130. The second-order valence-electron chi connectivity index (χ2n) is 6.34. The van der Waals surface area contributed by atoms with Gasteiger partial charge in [0, 0.05) is 17.7 Å². The molecule has 0 saturated carbocycles. The van der Waals surface area contributed by atoms with Gasteiger partial charge in [-0.2, -0.15) is 0 Å². The maximum absolute atomic E-state index is 12.5. The SMILES string of the molecule is CCOc1ccccc1CNC(=O)c1ccc(NS(=O)(=O)c2ccccc2)c(Cl)c1. The zero-order valence-corrected chi connectivity index (χ0v) is 17.8. The van der Waals surface area contributed by atoms with Crippen molar-refractivity contribution in [3.05, 3.63) is 88.9 Å². The Labute approximate surface area is 180 Å². The first-order valence-electron chi connectivity index (χ1n) is 9.27. The molecule has 2 N–H and O–H groups in total. The quantitative estimate of drug-likeness (QED) is 0.536. The number of halogens is 1. The van der Waals surface area contributed by atoms with Crippen molar-refractivity contribution in [1.82, 2.24) is 5.32 Å². The lowest BCUT2D eigenvalue weighted by Crippen LogP contribution is -2.23. The highest BCUT2D eigenvalue weighted by Gasteiger charge is 2.16. The van der Waals surface area contributed by atoms with Gasteiger partial charge in [-0.05, 0) is 43.3 Å². The third-order valence-electron chi connectivity index (χ3n) is 4.24. The fourth-order valence-corrected chi connectivity index (χ4v) is 4.15. The summed E-state index contributed by atoms with van der Waals surface area (Å²) in [5.41, 5.74) is 1.36. The molecule has 0 aliphatic rings. The van der Waals surface area contributed by atoms with Crippen LogP contribution in [0, 0.1) is 0 Å². The number of rotatable bonds is 8. The van der Waals surface area contributed by atoms with Crippen LogP contribution in [-0.2, 0) is 16.6 Å². The summed E-state index contributed by atoms with van der Waals surface area (Å²) in [6.07, 6.45) is 0. The number of hydrogen-bond donors (Lipinski definition) is 2. The number of anilines is 1. The Morgan fingerprint density at radius 2 is 1.70 bits per heavy atom. The summed E-state index contributed by atoms with van der Waals surface area (Å²) >= 11 is 6.22. The van der Waals surface area contributed by atoms with Crippen LogP contribution in [0.2, 0.25) is 5.02 Å². The molecule has 0 bridgehead atoms. The molecule has 0 fully saturated rings. The lowest BCUT2D eigenvalue weighted by molar-refractivity contribution is 0.0950. The highest BCUT2D eigenvalue weighted by molar-refractivity contribution is 7.92. The van der Waals surface area contributed by atoms with E-state index in [1.807, 2.05) is 31.2 Å². The van der Waals surface area contributed by atoms with Gasteiger partial charge in [0.15, 0.2) is 0 Å². The van der Waals surface area contributed by atoms with Crippen molar-refractivity contribution in [3.63, 3.8) is 0 Å². The van der Waals surface area contributed by atoms with Crippen molar-refractivity contribution in [3.8, 4) is 5.75 Å². The van der Waals surface area contributed by atoms with Crippen molar-refractivity contribution in [2.45, 2.75) is 18.4 Å². The molecule has 3 aromatic rings. The Morgan fingerprint density at radius 1 is 1.00 bits per heavy atom. The van der Waals surface area contributed by atoms with E-state index in [0.29, 0.717) is 17.9 Å². The first-order chi connectivity index (χ1) is 14.4. The number of carbonyl (C=O) groups is 1. The van der Waals surface area contributed by atoms with E-state index in [1.165, 1.54) is 30.3 Å². The number of carbonyl (C=O) groups excluding carboxylic acids is 1. The average Bonchev–Trinajstić information content (AvgIpc) is 2.75. The van der Waals surface area contributed by atoms with Gasteiger partial charge in [0.05, 0.1) is 22.2 Å². The average molecular weight is 445 g/mol. The van der Waals surface area contributed by atoms with Crippen molar-refractivity contribution >= 4 is 33.2 Å². The summed E-state index contributed by atoms with van der Waals surface area (Å²) in [6.45, 7) is 2.71. The highest BCUT2D eigenvalue weighted by Crippen LogP contribution is 2.26. The molecule has 3 aromatic carbocycles. The molecule has 156 valence electrons. The summed E-state index contributed by atoms with van der Waals surface area (Å²) in [6, 6.07) is 19.8. The summed E-state index contributed by atoms with van der Waals surface area (Å²) in [4.78, 5) is 12.6. The number of benzene rings is 3. The van der Waals surface area contributed by atoms with Crippen LogP contribution in [0.1, 0.15) is 22.8 Å². The van der Waals surface area contributed by atoms with Gasteiger partial charge in [-0.15, -0.1) is 0 Å². The van der Waals surface area contributed by atoms with E-state index in [0.717, 1.165) is 5.56 Å². The zero-order chi connectivity index (χ0) is 21.6. The molecule has 0 atom stereocenters. The first-order valence-corrected chi connectivity index (χ1v) is 11.1. The molecule has 6 nitrogen and oxygen atoms in total. The number of sulfonamides is 1. The van der Waals surface area contributed by atoms with E-state index >= 15 is 0 Å². The van der Waals surface area contributed by atoms with E-state index in [1.54, 1.807) is 18.2 Å². The standard InChI is InChI=1S/C22H21ClN2O4S/c1-2-29-21-11-7-6-8-17(21)15-24-22(26)16-12-13-20(19(23)14-16)25-30(27,28)18-9-4-3-5-10-18/h3-14,25H,2,15H2,1H3,(H,24,26). The first kappa shape index (κ1) is 21.7. The molecular formula is C22H21ClN2O4S. The minimum Gasteiger partial charge on any atom is -0.494 e. The number of ether oxygens (including phenoxy) is 1. The van der Waals surface area contributed by atoms with Crippen molar-refractivity contribution in [1.29, 1.82) is 0 Å². The summed E-state index contributed by atoms with van der Waals surface area (Å²) in [5, 5.41) is 2.94. The van der Waals surface area contributed by atoms with Crippen LogP contribution in [-0.4, -0.2) is 20.9 Å². The third kappa shape index (κ3) is 5.31. The van der Waals surface area contributed by atoms with Gasteiger partial charge in [-0.25, -0.2) is 8.42 Å². The second kappa shape index (κ2) is 9.65. The van der Waals surface area contributed by atoms with E-state index in [2.05, 4.69) is 10.0 Å². The molecule has 0 unspecified atom stereocenters. The maximum Gasteiger partial charge on any atom is 0.261 e. The molecule has 3 rings (SSSR count). The van der Waals surface area contributed by atoms with Gasteiger partial charge in [-0.1, -0.05) is 48.0 Å². The van der Waals surface area contributed by atoms with Crippen LogP contribution in [0.4, 0.5) is 5.69 Å². The Hall–Kier alpha value is -3.03. The monoisotopic (exact) mass is 444 g/mol. The molecule has 0 heterocycles. The lowest BCUT2D eigenvalue weighted by Gasteiger charge is -2.12. The van der Waals surface area contributed by atoms with Crippen LogP contribution in [0.3, 0.4) is 0 Å². The molecule has 0 aliphatic carbocycles. The normalized spacial score (nSPS) is 11.0. The zero-order valence-electron chi connectivity index (χ0n) is 16.3. The van der Waals surface area contributed by atoms with Gasteiger partial charge < -0.3 is 10.1 Å². The fourth-order valence-electron chi connectivity index (χ4n) is 2.77. The Morgan fingerprint density at radius 3 is 2.40 bits per heavy atom. The topological polar surface area (TPSA) is 84.5 Å². The van der Waals surface area contributed by atoms with Gasteiger partial charge in [0.1, 0.15) is 5.75 Å². The van der Waals surface area contributed by atoms with Crippen molar-refractivity contribution < 1.29 is 17.9 Å². The number of amides is 1. The van der Waals surface area contributed by atoms with Gasteiger partial charge in [0.2, 0.25) is 0 Å². The van der Waals surface area contributed by atoms with Crippen LogP contribution >= 0.6 is 11.6 Å². The molecule has 8 heteroatoms. The molecule has 0 spiro atoms. The molecule has 30 heavy (non-hydrogen) atoms. The maximum atomic E-state index is 12.5. The van der Waals surface area contributed by atoms with Crippen molar-refractivity contribution in [2.75, 3.05) is 11.3 Å². The predicted molar refractivity (Wildman–Crippen MR) is 117 cm³/mol. The highest BCUT2D eigenvalue weighted by atomic mass is 35.5. The lowest BCUT2D eigenvalue weighted by atomic mass is 10.1. The molecular weight excluding hydrogens is 424 g/mol. The van der Waals surface area contributed by atoms with Gasteiger partial charge in [0.25, 0.3) is 15.9 Å². The van der Waals surface area contributed by atoms with Crippen molar-refractivity contribution in [2.24, 2.45) is 0 Å². The largest absolute Gasteiger partial charge is 0.494 e. The summed E-state index contributed by atoms with van der Waals surface area (Å²) in [5.74, 6) is 0.379. The molecule has 1 amide bonds. The van der Waals surface area contributed by atoms with Crippen LogP contribution in [0.25, 0.3) is 0 Å². The fraction of sp³-hybridized carbons (Fsp3) is 0.136. The Kier molecular flexibility index (Phi) is 6.97. The van der Waals surface area contributed by atoms with Gasteiger partial charge >= 0.3 is 0 Å². The third-order valence-corrected chi connectivity index (χ3v) is 5.94. The minimum atomic E-state index is -3.77. The number of nitrogens with one attached hydrogen (secondary N) is 2. The molecule has 0 aromatic heterocycles. The smallest absolute Gasteiger partial charge is 0.261 e. The minimum absolute atomic E-state index is 0.121. The Balaban J connectivity index is 1.70. The number of para-hydroxylation sites is 1. The van der Waals surface area contributed by atoms with Crippen LogP contribution in [0.5, 0.6) is 5.75 Å². The summed E-state index contributed by atoms with van der Waals surface area (Å²) in [7, 11) is -3.77. The van der Waals surface area contributed by atoms with E-state index < -0.39 is 10.0 Å². The second-order valence-corrected chi connectivity index (χ2v) is 8.43. The summed E-state index contributed by atoms with van der Waals surface area (Å²) < 4.78 is 32.9. The molecule has 0 saturated heterocycles. The van der Waals surface area contributed by atoms with Crippen LogP contribution < -0.4 is 14.8 Å². The van der Waals surface area contributed by atoms with E-state index in [4.69, 9.17) is 16.3 Å². The van der Waals surface area contributed by atoms with E-state index in [-0.39, 0.29) is 28.1 Å². The number of hydrogen-bond acceptors (Lipinski definition) is 4. The predicted octanol–water partition coefficient (Wildman–Crippen LogP) is 4.47. The molecule has 0 aliphatic heterocycles. The van der Waals surface area contributed by atoms with E-state index in [9.17, 15) is 13.2 Å². The van der Waals surface area contributed by atoms with Gasteiger partial charge in [-0.3, -0.25) is 9.52 Å². The molecule has 0 radical (unpaired) electrons.